The molecule has 1 unspecified atom stereocenters. The monoisotopic (exact) mass is 445 g/mol. The Bertz CT molecular complexity index is 1080. The molecule has 0 aliphatic carbocycles. The van der Waals surface area contributed by atoms with E-state index in [1.54, 1.807) is 0 Å². The van der Waals surface area contributed by atoms with E-state index in [0.717, 1.165) is 46.9 Å². The molecule has 0 saturated heterocycles. The standard InChI is InChI=1S/C28H31NO4/c1-3-25(22-12-15-26-27(16-22)33-19-32-26)28(20-8-6-5-7-9-20)21-10-13-24(14-11-21)31-18-23(30)17-29-4-2/h5-16,23,29-30H,3-4,17-19H2,1-2H3. The first-order valence-corrected chi connectivity index (χ1v) is 11.5. The number of fused-ring (bicyclic) bond motifs is 1. The van der Waals surface area contributed by atoms with Crippen LogP contribution in [0, 0.1) is 0 Å². The number of aliphatic hydroxyl groups is 1. The van der Waals surface area contributed by atoms with Crippen LogP contribution in [0.5, 0.6) is 17.2 Å². The van der Waals surface area contributed by atoms with Crippen LogP contribution in [-0.2, 0) is 0 Å². The number of hydrogen-bond donors (Lipinski definition) is 2. The van der Waals surface area contributed by atoms with Crippen LogP contribution in [0.15, 0.2) is 72.8 Å². The molecule has 33 heavy (non-hydrogen) atoms. The van der Waals surface area contributed by atoms with Crippen molar-refractivity contribution in [2.45, 2.75) is 26.4 Å². The average molecular weight is 446 g/mol. The van der Waals surface area contributed by atoms with Crippen LogP contribution in [0.25, 0.3) is 11.1 Å². The van der Waals surface area contributed by atoms with Crippen molar-refractivity contribution in [3.63, 3.8) is 0 Å². The van der Waals surface area contributed by atoms with Gasteiger partial charge in [-0.3, -0.25) is 0 Å². The molecule has 3 aromatic rings. The Morgan fingerprint density at radius 2 is 1.61 bits per heavy atom. The van der Waals surface area contributed by atoms with Crippen molar-refractivity contribution < 1.29 is 19.3 Å². The number of hydrogen-bond acceptors (Lipinski definition) is 5. The second kappa shape index (κ2) is 11.0. The van der Waals surface area contributed by atoms with Gasteiger partial charge in [-0.05, 0) is 65.1 Å². The summed E-state index contributed by atoms with van der Waals surface area (Å²) in [5.74, 6) is 2.31. The normalized spacial score (nSPS) is 14.0. The fourth-order valence-electron chi connectivity index (χ4n) is 4.01. The molecule has 1 heterocycles. The van der Waals surface area contributed by atoms with Gasteiger partial charge in [0.05, 0.1) is 0 Å². The third kappa shape index (κ3) is 5.56. The van der Waals surface area contributed by atoms with Gasteiger partial charge in [0.25, 0.3) is 0 Å². The van der Waals surface area contributed by atoms with E-state index in [1.807, 2.05) is 31.2 Å². The predicted molar refractivity (Wildman–Crippen MR) is 132 cm³/mol. The number of aliphatic hydroxyl groups excluding tert-OH is 1. The number of ether oxygens (including phenoxy) is 3. The quantitative estimate of drug-likeness (QED) is 0.424. The summed E-state index contributed by atoms with van der Waals surface area (Å²) in [6.07, 6.45) is 0.320. The summed E-state index contributed by atoms with van der Waals surface area (Å²) < 4.78 is 16.9. The number of nitrogens with one attached hydrogen (secondary N) is 1. The molecule has 172 valence electrons. The molecule has 0 radical (unpaired) electrons. The van der Waals surface area contributed by atoms with E-state index < -0.39 is 6.10 Å². The molecule has 1 atom stereocenters. The van der Waals surface area contributed by atoms with Crippen molar-refractivity contribution in [2.75, 3.05) is 26.5 Å². The summed E-state index contributed by atoms with van der Waals surface area (Å²) in [5.41, 5.74) is 5.79. The largest absolute Gasteiger partial charge is 0.491 e. The zero-order chi connectivity index (χ0) is 23.0. The Morgan fingerprint density at radius 1 is 0.909 bits per heavy atom. The van der Waals surface area contributed by atoms with Gasteiger partial charge in [0.1, 0.15) is 18.5 Å². The molecule has 1 aliphatic rings. The molecule has 0 fully saturated rings. The van der Waals surface area contributed by atoms with Crippen LogP contribution in [-0.4, -0.2) is 37.7 Å². The number of rotatable bonds is 10. The topological polar surface area (TPSA) is 60.0 Å². The molecule has 4 rings (SSSR count). The van der Waals surface area contributed by atoms with E-state index in [0.29, 0.717) is 6.54 Å². The van der Waals surface area contributed by atoms with Gasteiger partial charge in [0, 0.05) is 6.54 Å². The first-order valence-electron chi connectivity index (χ1n) is 11.5. The fourth-order valence-corrected chi connectivity index (χ4v) is 4.01. The van der Waals surface area contributed by atoms with E-state index in [9.17, 15) is 5.11 Å². The summed E-state index contributed by atoms with van der Waals surface area (Å²) in [4.78, 5) is 0. The minimum atomic E-state index is -0.540. The van der Waals surface area contributed by atoms with Crippen LogP contribution in [0.1, 0.15) is 37.0 Å². The Kier molecular flexibility index (Phi) is 7.66. The smallest absolute Gasteiger partial charge is 0.231 e. The van der Waals surface area contributed by atoms with E-state index >= 15 is 0 Å². The van der Waals surface area contributed by atoms with E-state index in [-0.39, 0.29) is 13.4 Å². The Morgan fingerprint density at radius 3 is 2.33 bits per heavy atom. The number of likely N-dealkylation sites (N-methyl/N-ethyl adjacent to an activating group) is 1. The highest BCUT2D eigenvalue weighted by atomic mass is 16.7. The maximum Gasteiger partial charge on any atom is 0.231 e. The van der Waals surface area contributed by atoms with Gasteiger partial charge in [-0.1, -0.05) is 62.4 Å². The molecular weight excluding hydrogens is 414 g/mol. The third-order valence-electron chi connectivity index (χ3n) is 5.65. The Hall–Kier alpha value is -3.28. The van der Waals surface area contributed by atoms with Crippen molar-refractivity contribution in [1.82, 2.24) is 5.32 Å². The minimum Gasteiger partial charge on any atom is -0.491 e. The van der Waals surface area contributed by atoms with Gasteiger partial charge in [-0.2, -0.15) is 0 Å². The second-order valence-electron chi connectivity index (χ2n) is 7.94. The maximum atomic E-state index is 10.0. The van der Waals surface area contributed by atoms with Crippen LogP contribution < -0.4 is 19.5 Å². The minimum absolute atomic E-state index is 0.255. The molecule has 0 saturated carbocycles. The lowest BCUT2D eigenvalue weighted by molar-refractivity contribution is 0.107. The molecule has 3 aromatic carbocycles. The van der Waals surface area contributed by atoms with Gasteiger partial charge in [-0.25, -0.2) is 0 Å². The van der Waals surface area contributed by atoms with Gasteiger partial charge in [-0.15, -0.1) is 0 Å². The second-order valence-corrected chi connectivity index (χ2v) is 7.94. The zero-order valence-electron chi connectivity index (χ0n) is 19.2. The Labute approximate surface area is 195 Å². The van der Waals surface area contributed by atoms with Crippen molar-refractivity contribution >= 4 is 11.1 Å². The average Bonchev–Trinajstić information content (AvgIpc) is 3.33. The lowest BCUT2D eigenvalue weighted by Gasteiger charge is -2.17. The third-order valence-corrected chi connectivity index (χ3v) is 5.65. The molecular formula is C28H31NO4. The highest BCUT2D eigenvalue weighted by molar-refractivity contribution is 5.98. The van der Waals surface area contributed by atoms with Crippen molar-refractivity contribution in [3.8, 4) is 17.2 Å². The summed E-state index contributed by atoms with van der Waals surface area (Å²) in [6, 6.07) is 24.7. The Balaban J connectivity index is 1.66. The van der Waals surface area contributed by atoms with Crippen LogP contribution in [0.3, 0.4) is 0 Å². The SMILES string of the molecule is CCNCC(O)COc1ccc(C(=C(CC)c2ccc3c(c2)OCO3)c2ccccc2)cc1. The predicted octanol–water partition coefficient (Wildman–Crippen LogP) is 5.13. The highest BCUT2D eigenvalue weighted by Gasteiger charge is 2.18. The van der Waals surface area contributed by atoms with Gasteiger partial charge in [0.15, 0.2) is 11.5 Å². The fraction of sp³-hybridized carbons (Fsp3) is 0.286. The van der Waals surface area contributed by atoms with Crippen molar-refractivity contribution in [3.05, 3.63) is 89.5 Å². The maximum absolute atomic E-state index is 10.0. The highest BCUT2D eigenvalue weighted by Crippen LogP contribution is 2.39. The summed E-state index contributed by atoms with van der Waals surface area (Å²) in [6.45, 7) is 6.05. The van der Waals surface area contributed by atoms with Crippen LogP contribution in [0.4, 0.5) is 0 Å². The molecule has 5 heteroatoms. The molecule has 0 amide bonds. The first kappa shape index (κ1) is 22.9. The van der Waals surface area contributed by atoms with Crippen molar-refractivity contribution in [2.24, 2.45) is 0 Å². The zero-order valence-corrected chi connectivity index (χ0v) is 19.2. The van der Waals surface area contributed by atoms with Gasteiger partial charge in [0.2, 0.25) is 6.79 Å². The number of benzene rings is 3. The lowest BCUT2D eigenvalue weighted by Crippen LogP contribution is -2.31. The summed E-state index contributed by atoms with van der Waals surface area (Å²) in [7, 11) is 0. The summed E-state index contributed by atoms with van der Waals surface area (Å²) in [5, 5.41) is 13.1. The van der Waals surface area contributed by atoms with E-state index in [2.05, 4.69) is 60.8 Å². The molecule has 5 nitrogen and oxygen atoms in total. The first-order chi connectivity index (χ1) is 16.2. The van der Waals surface area contributed by atoms with Gasteiger partial charge < -0.3 is 24.6 Å². The molecule has 2 N–H and O–H groups in total. The van der Waals surface area contributed by atoms with Crippen LogP contribution >= 0.6 is 0 Å². The molecule has 1 aliphatic heterocycles. The van der Waals surface area contributed by atoms with Crippen LogP contribution in [0.2, 0.25) is 0 Å². The molecule has 0 spiro atoms. The van der Waals surface area contributed by atoms with E-state index in [4.69, 9.17) is 14.2 Å². The lowest BCUT2D eigenvalue weighted by atomic mass is 9.88. The summed E-state index contributed by atoms with van der Waals surface area (Å²) >= 11 is 0. The van der Waals surface area contributed by atoms with E-state index in [1.165, 1.54) is 11.1 Å². The van der Waals surface area contributed by atoms with Gasteiger partial charge >= 0.3 is 0 Å². The molecule has 0 aromatic heterocycles. The molecule has 0 bridgehead atoms. The number of allylic oxidation sites excluding steroid dienone is 1. The van der Waals surface area contributed by atoms with Crippen molar-refractivity contribution in [1.29, 1.82) is 0 Å².